The molecule has 1 saturated carbocycles. The molecular weight excluding hydrogens is 306 g/mol. The number of para-hydroxylation sites is 1. The van der Waals surface area contributed by atoms with Crippen molar-refractivity contribution in [2.45, 2.75) is 38.6 Å². The number of hydrogen-bond acceptors (Lipinski definition) is 2. The van der Waals surface area contributed by atoms with Crippen molar-refractivity contribution in [1.82, 2.24) is 5.32 Å². The van der Waals surface area contributed by atoms with E-state index in [-0.39, 0.29) is 12.5 Å². The van der Waals surface area contributed by atoms with Crippen LogP contribution in [0.1, 0.15) is 32.6 Å². The summed E-state index contributed by atoms with van der Waals surface area (Å²) in [5, 5.41) is 3.08. The van der Waals surface area contributed by atoms with Crippen LogP contribution in [0.4, 0.5) is 0 Å². The third-order valence-electron chi connectivity index (χ3n) is 3.65. The zero-order valence-electron chi connectivity index (χ0n) is 11.2. The van der Waals surface area contributed by atoms with Crippen LogP contribution >= 0.6 is 15.9 Å². The van der Waals surface area contributed by atoms with Gasteiger partial charge in [-0.25, -0.2) is 0 Å². The van der Waals surface area contributed by atoms with Crippen molar-refractivity contribution < 1.29 is 9.53 Å². The Bertz CT molecular complexity index is 436. The van der Waals surface area contributed by atoms with Crippen molar-refractivity contribution in [3.63, 3.8) is 0 Å². The molecule has 0 heterocycles. The van der Waals surface area contributed by atoms with Crippen LogP contribution in [0.25, 0.3) is 0 Å². The molecule has 0 spiro atoms. The normalized spacial score (nSPS) is 22.8. The Morgan fingerprint density at radius 2 is 2.11 bits per heavy atom. The van der Waals surface area contributed by atoms with Crippen LogP contribution < -0.4 is 10.1 Å². The van der Waals surface area contributed by atoms with Crippen LogP contribution in [0.15, 0.2) is 28.7 Å². The Morgan fingerprint density at radius 1 is 1.37 bits per heavy atom. The van der Waals surface area contributed by atoms with E-state index in [0.717, 1.165) is 10.9 Å². The molecular formula is C15H20BrNO2. The molecule has 104 valence electrons. The molecule has 1 amide bonds. The Kier molecular flexibility index (Phi) is 5.25. The first kappa shape index (κ1) is 14.4. The third kappa shape index (κ3) is 4.23. The molecule has 19 heavy (non-hydrogen) atoms. The summed E-state index contributed by atoms with van der Waals surface area (Å²) in [6.45, 7) is 2.28. The standard InChI is InChI=1S/C15H20BrNO2/c1-11-6-2-4-8-13(11)17-15(18)10-19-14-9-5-3-7-12(14)16/h3,5,7,9,11,13H,2,4,6,8,10H2,1H3,(H,17,18)/t11-,13-/m0/s1. The summed E-state index contributed by atoms with van der Waals surface area (Å²) in [7, 11) is 0. The predicted octanol–water partition coefficient (Wildman–Crippen LogP) is 3.52. The molecule has 1 N–H and O–H groups in total. The summed E-state index contributed by atoms with van der Waals surface area (Å²) < 4.78 is 6.39. The lowest BCUT2D eigenvalue weighted by molar-refractivity contribution is -0.124. The van der Waals surface area contributed by atoms with E-state index in [1.165, 1.54) is 19.3 Å². The first-order chi connectivity index (χ1) is 9.16. The molecule has 1 aromatic carbocycles. The summed E-state index contributed by atoms with van der Waals surface area (Å²) in [4.78, 5) is 11.9. The van der Waals surface area contributed by atoms with Gasteiger partial charge in [-0.05, 0) is 46.8 Å². The van der Waals surface area contributed by atoms with Gasteiger partial charge >= 0.3 is 0 Å². The number of rotatable bonds is 4. The topological polar surface area (TPSA) is 38.3 Å². The van der Waals surface area contributed by atoms with E-state index < -0.39 is 0 Å². The van der Waals surface area contributed by atoms with Gasteiger partial charge < -0.3 is 10.1 Å². The lowest BCUT2D eigenvalue weighted by atomic mass is 9.86. The van der Waals surface area contributed by atoms with Crippen LogP contribution in [0.2, 0.25) is 0 Å². The summed E-state index contributed by atoms with van der Waals surface area (Å²) in [5.74, 6) is 1.24. The van der Waals surface area contributed by atoms with Crippen molar-refractivity contribution in [3.05, 3.63) is 28.7 Å². The summed E-state index contributed by atoms with van der Waals surface area (Å²) >= 11 is 3.40. The van der Waals surface area contributed by atoms with E-state index in [4.69, 9.17) is 4.74 Å². The molecule has 1 fully saturated rings. The maximum absolute atomic E-state index is 11.9. The van der Waals surface area contributed by atoms with Gasteiger partial charge in [0.2, 0.25) is 0 Å². The fraction of sp³-hybridized carbons (Fsp3) is 0.533. The van der Waals surface area contributed by atoms with E-state index in [1.807, 2.05) is 24.3 Å². The highest BCUT2D eigenvalue weighted by Gasteiger charge is 2.22. The molecule has 0 aromatic heterocycles. The van der Waals surface area contributed by atoms with E-state index in [0.29, 0.717) is 17.7 Å². The van der Waals surface area contributed by atoms with Crippen LogP contribution in [-0.4, -0.2) is 18.6 Å². The summed E-state index contributed by atoms with van der Waals surface area (Å²) in [6, 6.07) is 7.86. The lowest BCUT2D eigenvalue weighted by Crippen LogP contribution is -2.43. The van der Waals surface area contributed by atoms with Crippen molar-refractivity contribution in [2.75, 3.05) is 6.61 Å². The van der Waals surface area contributed by atoms with Gasteiger partial charge in [-0.3, -0.25) is 4.79 Å². The van der Waals surface area contributed by atoms with Gasteiger partial charge in [0.25, 0.3) is 5.91 Å². The largest absolute Gasteiger partial charge is 0.483 e. The number of carbonyl (C=O) groups excluding carboxylic acids is 1. The van der Waals surface area contributed by atoms with E-state index in [9.17, 15) is 4.79 Å². The van der Waals surface area contributed by atoms with Gasteiger partial charge in [0.1, 0.15) is 5.75 Å². The minimum absolute atomic E-state index is 0.0329. The first-order valence-corrected chi connectivity index (χ1v) is 7.63. The van der Waals surface area contributed by atoms with E-state index in [2.05, 4.69) is 28.2 Å². The average molecular weight is 326 g/mol. The van der Waals surface area contributed by atoms with Gasteiger partial charge in [-0.2, -0.15) is 0 Å². The summed E-state index contributed by atoms with van der Waals surface area (Å²) in [5.41, 5.74) is 0. The quantitative estimate of drug-likeness (QED) is 0.919. The molecule has 0 saturated heterocycles. The highest BCUT2D eigenvalue weighted by molar-refractivity contribution is 9.10. The van der Waals surface area contributed by atoms with Crippen molar-refractivity contribution in [1.29, 1.82) is 0 Å². The molecule has 0 aliphatic heterocycles. The Hall–Kier alpha value is -1.03. The molecule has 2 rings (SSSR count). The minimum Gasteiger partial charge on any atom is -0.483 e. The average Bonchev–Trinajstić information content (AvgIpc) is 2.40. The van der Waals surface area contributed by atoms with Crippen molar-refractivity contribution in [3.8, 4) is 5.75 Å². The zero-order chi connectivity index (χ0) is 13.7. The highest BCUT2D eigenvalue weighted by atomic mass is 79.9. The van der Waals surface area contributed by atoms with Gasteiger partial charge in [0.15, 0.2) is 6.61 Å². The lowest BCUT2D eigenvalue weighted by Gasteiger charge is -2.29. The molecule has 3 nitrogen and oxygen atoms in total. The second-order valence-corrected chi connectivity index (χ2v) is 6.01. The zero-order valence-corrected chi connectivity index (χ0v) is 12.8. The van der Waals surface area contributed by atoms with Crippen LogP contribution in [0, 0.1) is 5.92 Å². The highest BCUT2D eigenvalue weighted by Crippen LogP contribution is 2.25. The van der Waals surface area contributed by atoms with Gasteiger partial charge in [-0.1, -0.05) is 31.9 Å². The maximum Gasteiger partial charge on any atom is 0.258 e. The van der Waals surface area contributed by atoms with E-state index >= 15 is 0 Å². The monoisotopic (exact) mass is 325 g/mol. The molecule has 4 heteroatoms. The molecule has 0 unspecified atom stereocenters. The molecule has 1 aromatic rings. The van der Waals surface area contributed by atoms with Gasteiger partial charge in [0, 0.05) is 6.04 Å². The minimum atomic E-state index is -0.0329. The molecule has 1 aliphatic rings. The summed E-state index contributed by atoms with van der Waals surface area (Å²) in [6.07, 6.45) is 4.78. The molecule has 2 atom stereocenters. The van der Waals surface area contributed by atoms with Gasteiger partial charge in [-0.15, -0.1) is 0 Å². The Balaban J connectivity index is 1.80. The number of amides is 1. The van der Waals surface area contributed by atoms with Crippen LogP contribution in [0.5, 0.6) is 5.75 Å². The van der Waals surface area contributed by atoms with Gasteiger partial charge in [0.05, 0.1) is 4.47 Å². The number of hydrogen-bond donors (Lipinski definition) is 1. The first-order valence-electron chi connectivity index (χ1n) is 6.83. The van der Waals surface area contributed by atoms with E-state index in [1.54, 1.807) is 0 Å². The van der Waals surface area contributed by atoms with Crippen LogP contribution in [0.3, 0.4) is 0 Å². The number of ether oxygens (including phenoxy) is 1. The SMILES string of the molecule is C[C@H]1CCCC[C@@H]1NC(=O)COc1ccccc1Br. The number of nitrogens with one attached hydrogen (secondary N) is 1. The number of carbonyl (C=O) groups is 1. The molecule has 0 bridgehead atoms. The van der Waals surface area contributed by atoms with Crippen molar-refractivity contribution >= 4 is 21.8 Å². The number of benzene rings is 1. The molecule has 0 radical (unpaired) electrons. The smallest absolute Gasteiger partial charge is 0.258 e. The van der Waals surface area contributed by atoms with Crippen molar-refractivity contribution in [2.24, 2.45) is 5.92 Å². The third-order valence-corrected chi connectivity index (χ3v) is 4.31. The predicted molar refractivity (Wildman–Crippen MR) is 79.2 cm³/mol. The Labute approximate surface area is 122 Å². The fourth-order valence-corrected chi connectivity index (χ4v) is 2.88. The number of halogens is 1. The Morgan fingerprint density at radius 3 is 2.84 bits per heavy atom. The van der Waals surface area contributed by atoms with Crippen LogP contribution in [-0.2, 0) is 4.79 Å². The second kappa shape index (κ2) is 6.94. The molecule has 1 aliphatic carbocycles. The second-order valence-electron chi connectivity index (χ2n) is 5.15. The maximum atomic E-state index is 11.9. The fourth-order valence-electron chi connectivity index (χ4n) is 2.48.